The number of amides is 1. The molecule has 10 nitrogen and oxygen atoms in total. The molecule has 0 aliphatic rings. The van der Waals surface area contributed by atoms with E-state index in [9.17, 15) is 24.5 Å². The lowest BCUT2D eigenvalue weighted by Crippen LogP contribution is -2.14. The van der Waals surface area contributed by atoms with Gasteiger partial charge in [0, 0.05) is 23.2 Å². The van der Waals surface area contributed by atoms with Crippen LogP contribution in [0.5, 0.6) is 0 Å². The zero-order valence-corrected chi connectivity index (χ0v) is 19.2. The van der Waals surface area contributed by atoms with Gasteiger partial charge in [-0.05, 0) is 32.0 Å². The van der Waals surface area contributed by atoms with Crippen LogP contribution in [0.25, 0.3) is 0 Å². The average Bonchev–Trinajstić information content (AvgIpc) is 3.25. The van der Waals surface area contributed by atoms with Crippen LogP contribution in [0.4, 0.5) is 11.4 Å². The lowest BCUT2D eigenvalue weighted by molar-refractivity contribution is -0.384. The summed E-state index contributed by atoms with van der Waals surface area (Å²) in [7, 11) is 0. The summed E-state index contributed by atoms with van der Waals surface area (Å²) >= 11 is 1.24. The molecule has 0 atom stereocenters. The number of nitrogens with zero attached hydrogens (tertiary/aromatic N) is 2. The number of non-ortho nitro benzene ring substituents is 1. The third-order valence-corrected chi connectivity index (χ3v) is 5.37. The Bertz CT molecular complexity index is 1220. The van der Waals surface area contributed by atoms with Crippen LogP contribution in [0.3, 0.4) is 0 Å². The molecular weight excluding hydrogens is 462 g/mol. The molecule has 1 amide bonds. The molecule has 0 unspecified atom stereocenters. The average molecular weight is 484 g/mol. The van der Waals surface area contributed by atoms with Gasteiger partial charge < -0.3 is 14.8 Å². The molecule has 2 aromatic carbocycles. The zero-order valence-electron chi connectivity index (χ0n) is 18.4. The van der Waals surface area contributed by atoms with Gasteiger partial charge in [-0.15, -0.1) is 11.3 Å². The van der Waals surface area contributed by atoms with Gasteiger partial charge in [0.1, 0.15) is 11.6 Å². The fourth-order valence-electron chi connectivity index (χ4n) is 2.87. The van der Waals surface area contributed by atoms with E-state index in [1.165, 1.54) is 17.4 Å². The number of aromatic nitrogens is 1. The fraction of sp³-hybridized carbons (Fsp3) is 0.217. The summed E-state index contributed by atoms with van der Waals surface area (Å²) in [6.07, 6.45) is 0.0558. The number of anilines is 1. The van der Waals surface area contributed by atoms with Crippen molar-refractivity contribution >= 4 is 40.6 Å². The lowest BCUT2D eigenvalue weighted by Gasteiger charge is -2.06. The van der Waals surface area contributed by atoms with Gasteiger partial charge in [0.15, 0.2) is 0 Å². The summed E-state index contributed by atoms with van der Waals surface area (Å²) < 4.78 is 10.0. The molecule has 3 aromatic rings. The number of nitrogens with one attached hydrogen (secondary N) is 1. The maximum Gasteiger partial charge on any atom is 0.338 e. The van der Waals surface area contributed by atoms with Gasteiger partial charge >= 0.3 is 11.9 Å². The van der Waals surface area contributed by atoms with E-state index in [2.05, 4.69) is 10.3 Å². The Balaban J connectivity index is 1.61. The molecule has 1 N–H and O–H groups in total. The molecule has 11 heteroatoms. The summed E-state index contributed by atoms with van der Waals surface area (Å²) in [5.74, 6) is -1.88. The van der Waals surface area contributed by atoms with Gasteiger partial charge in [-0.25, -0.2) is 14.6 Å². The molecule has 0 radical (unpaired) electrons. The molecule has 0 fully saturated rings. The van der Waals surface area contributed by atoms with Gasteiger partial charge in [-0.3, -0.25) is 14.9 Å². The molecule has 34 heavy (non-hydrogen) atoms. The van der Waals surface area contributed by atoms with Crippen molar-refractivity contribution in [3.63, 3.8) is 0 Å². The number of carbonyl (C=O) groups is 3. The highest BCUT2D eigenvalue weighted by Gasteiger charge is 2.20. The van der Waals surface area contributed by atoms with Gasteiger partial charge in [-0.2, -0.15) is 0 Å². The summed E-state index contributed by atoms with van der Waals surface area (Å²) in [5.41, 5.74) is 1.46. The van der Waals surface area contributed by atoms with E-state index in [1.807, 2.05) is 19.1 Å². The topological polar surface area (TPSA) is 138 Å². The summed E-state index contributed by atoms with van der Waals surface area (Å²) in [6, 6.07) is 10.6. The predicted octanol–water partition coefficient (Wildman–Crippen LogP) is 4.07. The third-order valence-electron chi connectivity index (χ3n) is 4.47. The second kappa shape index (κ2) is 11.1. The van der Waals surface area contributed by atoms with Crippen LogP contribution in [0.1, 0.15) is 43.9 Å². The van der Waals surface area contributed by atoms with E-state index < -0.39 is 22.5 Å². The first-order chi connectivity index (χ1) is 16.2. The fourth-order valence-corrected chi connectivity index (χ4v) is 3.64. The highest BCUT2D eigenvalue weighted by molar-refractivity contribution is 7.09. The minimum atomic E-state index is -0.860. The molecule has 0 saturated carbocycles. The Kier molecular flexibility index (Phi) is 8.04. The standard InChI is InChI=1S/C23H21N3O7S/c1-3-32-22(28)15-8-16(10-19(9-15)26(30)31)23(29)33-12-18-13-34-21(25-18)11-20(27)24-17-6-4-14(2)5-7-17/h4-10,13H,3,11-12H2,1-2H3,(H,24,27). The van der Waals surface area contributed by atoms with E-state index in [0.29, 0.717) is 16.4 Å². The number of nitro benzene ring substituents is 1. The summed E-state index contributed by atoms with van der Waals surface area (Å²) in [6.45, 7) is 3.43. The second-order valence-electron chi connectivity index (χ2n) is 7.15. The first-order valence-corrected chi connectivity index (χ1v) is 11.1. The van der Waals surface area contributed by atoms with Crippen molar-refractivity contribution in [1.29, 1.82) is 0 Å². The first kappa shape index (κ1) is 24.5. The predicted molar refractivity (Wildman–Crippen MR) is 124 cm³/mol. The van der Waals surface area contributed by atoms with Crippen LogP contribution in [0.2, 0.25) is 0 Å². The molecule has 3 rings (SSSR count). The maximum atomic E-state index is 12.5. The van der Waals surface area contributed by atoms with E-state index in [0.717, 1.165) is 17.7 Å². The monoisotopic (exact) mass is 483 g/mol. The van der Waals surface area contributed by atoms with Crippen molar-refractivity contribution in [1.82, 2.24) is 4.98 Å². The number of rotatable bonds is 9. The van der Waals surface area contributed by atoms with E-state index in [4.69, 9.17) is 9.47 Å². The molecule has 1 aromatic heterocycles. The number of carbonyl (C=O) groups excluding carboxylic acids is 3. The summed E-state index contributed by atoms with van der Waals surface area (Å²) in [5, 5.41) is 16.1. The van der Waals surface area contributed by atoms with Crippen molar-refractivity contribution in [3.05, 3.63) is 85.4 Å². The maximum absolute atomic E-state index is 12.5. The number of ether oxygens (including phenoxy) is 2. The van der Waals surface area contributed by atoms with Gasteiger partial charge in [0.2, 0.25) is 5.91 Å². The number of esters is 2. The van der Waals surface area contributed by atoms with Gasteiger partial charge in [-0.1, -0.05) is 17.7 Å². The Hall–Kier alpha value is -4.12. The second-order valence-corrected chi connectivity index (χ2v) is 8.09. The molecule has 0 saturated heterocycles. The van der Waals surface area contributed by atoms with E-state index in [-0.39, 0.29) is 36.7 Å². The first-order valence-electron chi connectivity index (χ1n) is 10.2. The highest BCUT2D eigenvalue weighted by atomic mass is 32.1. The lowest BCUT2D eigenvalue weighted by atomic mass is 10.1. The third kappa shape index (κ3) is 6.69. The smallest absolute Gasteiger partial charge is 0.338 e. The van der Waals surface area contributed by atoms with Crippen LogP contribution in [0, 0.1) is 17.0 Å². The molecular formula is C23H21N3O7S. The Labute approximate surface area is 198 Å². The van der Waals surface area contributed by atoms with Crippen LogP contribution in [0.15, 0.2) is 47.8 Å². The number of thiazole rings is 1. The molecule has 1 heterocycles. The SMILES string of the molecule is CCOC(=O)c1cc(C(=O)OCc2csc(CC(=O)Nc3ccc(C)cc3)n2)cc([N+](=O)[O-])c1. The van der Waals surface area contributed by atoms with E-state index in [1.54, 1.807) is 24.4 Å². The largest absolute Gasteiger partial charge is 0.462 e. The normalized spacial score (nSPS) is 10.4. The Morgan fingerprint density at radius 2 is 1.71 bits per heavy atom. The number of aryl methyl sites for hydroxylation is 1. The van der Waals surface area contributed by atoms with Crippen LogP contribution in [-0.4, -0.2) is 34.4 Å². The van der Waals surface area contributed by atoms with Crippen LogP contribution >= 0.6 is 11.3 Å². The summed E-state index contributed by atoms with van der Waals surface area (Å²) in [4.78, 5) is 51.4. The van der Waals surface area contributed by atoms with Crippen molar-refractivity contribution in [2.45, 2.75) is 26.9 Å². The number of benzene rings is 2. The van der Waals surface area contributed by atoms with E-state index >= 15 is 0 Å². The van der Waals surface area contributed by atoms with Gasteiger partial charge in [0.25, 0.3) is 5.69 Å². The number of nitro groups is 1. The zero-order chi connectivity index (χ0) is 24.7. The Morgan fingerprint density at radius 3 is 2.32 bits per heavy atom. The number of hydrogen-bond donors (Lipinski definition) is 1. The minimum absolute atomic E-state index is 0.0558. The van der Waals surface area contributed by atoms with Crippen molar-refractivity contribution in [3.8, 4) is 0 Å². The molecule has 176 valence electrons. The van der Waals surface area contributed by atoms with Crippen molar-refractivity contribution in [2.24, 2.45) is 0 Å². The van der Waals surface area contributed by atoms with Crippen molar-refractivity contribution in [2.75, 3.05) is 11.9 Å². The van der Waals surface area contributed by atoms with Crippen LogP contribution < -0.4 is 5.32 Å². The van der Waals surface area contributed by atoms with Crippen LogP contribution in [-0.2, 0) is 27.3 Å². The molecule has 0 spiro atoms. The quantitative estimate of drug-likeness (QED) is 0.273. The molecule has 0 aliphatic carbocycles. The molecule has 0 bridgehead atoms. The number of hydrogen-bond acceptors (Lipinski definition) is 9. The van der Waals surface area contributed by atoms with Crippen molar-refractivity contribution < 1.29 is 28.8 Å². The highest BCUT2D eigenvalue weighted by Crippen LogP contribution is 2.20. The Morgan fingerprint density at radius 1 is 1.06 bits per heavy atom. The molecule has 0 aliphatic heterocycles. The minimum Gasteiger partial charge on any atom is -0.462 e. The van der Waals surface area contributed by atoms with Gasteiger partial charge in [0.05, 0.1) is 34.8 Å².